The summed E-state index contributed by atoms with van der Waals surface area (Å²) in [5.41, 5.74) is 18.9. The summed E-state index contributed by atoms with van der Waals surface area (Å²) in [5, 5.41) is 9.16. The molecule has 0 spiro atoms. The number of para-hydroxylation sites is 5. The number of hydrogen-bond acceptors (Lipinski definition) is 4. The van der Waals surface area contributed by atoms with E-state index in [9.17, 15) is 0 Å². The number of furan rings is 1. The standard InChI is InChI=1S/C58H35N5O.C2H5N/c1-3-15-36(16-4-1)48-35-49(37-27-32-55-47(33-37)43-22-10-14-26-54(43)64-55)60-58(59-48)63-52-25-13-8-20-41(52)45-30-29-44-40-19-7-12-24-51(40)62(56(44)57(45)63)39-28-31-53-46(34-39)42-21-9-11-23-50(42)61(53)38-17-5-2-6-18-38;1-2-3/h1-35H;2H,1,3H2. The van der Waals surface area contributed by atoms with Crippen LogP contribution in [0.1, 0.15) is 0 Å². The van der Waals surface area contributed by atoms with Gasteiger partial charge in [0.15, 0.2) is 0 Å². The van der Waals surface area contributed by atoms with Gasteiger partial charge in [-0.25, -0.2) is 9.97 Å². The Bertz CT molecular complexity index is 4250. The van der Waals surface area contributed by atoms with E-state index in [0.717, 1.165) is 99.6 Å². The van der Waals surface area contributed by atoms with E-state index in [1.165, 1.54) is 27.9 Å². The maximum Gasteiger partial charge on any atom is 0.235 e. The Morgan fingerprint density at radius 3 is 1.57 bits per heavy atom. The van der Waals surface area contributed by atoms with Crippen molar-refractivity contribution in [3.63, 3.8) is 0 Å². The third-order valence-corrected chi connectivity index (χ3v) is 13.1. The van der Waals surface area contributed by atoms with Crippen LogP contribution in [0.4, 0.5) is 0 Å². The summed E-state index contributed by atoms with van der Waals surface area (Å²) in [6, 6.07) is 75.4. The molecule has 67 heavy (non-hydrogen) atoms. The fourth-order valence-corrected chi connectivity index (χ4v) is 10.3. The number of fused-ring (bicyclic) bond motifs is 13. The summed E-state index contributed by atoms with van der Waals surface area (Å²) in [7, 11) is 0. The van der Waals surface area contributed by atoms with Crippen molar-refractivity contribution in [1.29, 1.82) is 0 Å². The van der Waals surface area contributed by atoms with E-state index in [1.54, 1.807) is 0 Å². The molecule has 14 rings (SSSR count). The Morgan fingerprint density at radius 2 is 0.881 bits per heavy atom. The van der Waals surface area contributed by atoms with Crippen molar-refractivity contribution in [2.24, 2.45) is 5.73 Å². The average Bonchev–Trinajstić information content (AvgIpc) is 4.13. The van der Waals surface area contributed by atoms with Crippen LogP contribution in [0.25, 0.3) is 127 Å². The van der Waals surface area contributed by atoms with Gasteiger partial charge in [0.2, 0.25) is 5.95 Å². The van der Waals surface area contributed by atoms with Gasteiger partial charge in [0.25, 0.3) is 0 Å². The molecule has 316 valence electrons. The molecule has 9 aromatic carbocycles. The van der Waals surface area contributed by atoms with Gasteiger partial charge < -0.3 is 19.3 Å². The molecule has 0 atom stereocenters. The van der Waals surface area contributed by atoms with Crippen LogP contribution < -0.4 is 5.73 Å². The fourth-order valence-electron chi connectivity index (χ4n) is 10.3. The van der Waals surface area contributed by atoms with Gasteiger partial charge in [-0.3, -0.25) is 4.57 Å². The molecule has 2 N–H and O–H groups in total. The largest absolute Gasteiger partial charge is 0.456 e. The molecule has 7 heteroatoms. The molecule has 14 aromatic rings. The lowest BCUT2D eigenvalue weighted by atomic mass is 10.0. The Balaban J connectivity index is 0.00000145. The first-order valence-corrected chi connectivity index (χ1v) is 22.4. The summed E-state index contributed by atoms with van der Waals surface area (Å²) in [6.45, 7) is 3.14. The van der Waals surface area contributed by atoms with Gasteiger partial charge in [0.05, 0.1) is 44.5 Å². The van der Waals surface area contributed by atoms with Crippen molar-refractivity contribution in [2.75, 3.05) is 0 Å². The van der Waals surface area contributed by atoms with E-state index in [0.29, 0.717) is 5.95 Å². The maximum absolute atomic E-state index is 6.25. The second kappa shape index (κ2) is 15.2. The molecule has 0 unspecified atom stereocenters. The highest BCUT2D eigenvalue weighted by molar-refractivity contribution is 6.24. The SMILES string of the molecule is C=CN.c1ccc(-c2cc(-c3ccc4oc5ccccc5c4c3)nc(-n3c4ccccc4c4ccc5c6ccccc6n(-c6ccc7c(c6)c6ccccc6n7-c6ccccc6)c5c43)n2)cc1. The summed E-state index contributed by atoms with van der Waals surface area (Å²) in [5.74, 6) is 0.602. The van der Waals surface area contributed by atoms with Crippen molar-refractivity contribution >= 4 is 87.4 Å². The zero-order valence-corrected chi connectivity index (χ0v) is 36.2. The maximum atomic E-state index is 6.25. The smallest absolute Gasteiger partial charge is 0.235 e. The van der Waals surface area contributed by atoms with Crippen LogP contribution >= 0.6 is 0 Å². The van der Waals surface area contributed by atoms with E-state index in [1.807, 2.05) is 18.2 Å². The van der Waals surface area contributed by atoms with Crippen LogP contribution in [0.15, 0.2) is 230 Å². The molecule has 5 heterocycles. The number of benzene rings is 9. The molecule has 5 aromatic heterocycles. The highest BCUT2D eigenvalue weighted by Crippen LogP contribution is 2.43. The molecule has 0 aliphatic rings. The van der Waals surface area contributed by atoms with Gasteiger partial charge >= 0.3 is 0 Å². The second-order valence-electron chi connectivity index (χ2n) is 16.8. The van der Waals surface area contributed by atoms with Crippen LogP contribution in [0, 0.1) is 0 Å². The van der Waals surface area contributed by atoms with Crippen molar-refractivity contribution < 1.29 is 4.42 Å². The van der Waals surface area contributed by atoms with Gasteiger partial charge in [-0.15, -0.1) is 0 Å². The summed E-state index contributed by atoms with van der Waals surface area (Å²) >= 11 is 0. The minimum absolute atomic E-state index is 0.602. The molecule has 0 radical (unpaired) electrons. The van der Waals surface area contributed by atoms with Gasteiger partial charge in [-0.05, 0) is 85.1 Å². The minimum Gasteiger partial charge on any atom is -0.456 e. The number of hydrogen-bond donors (Lipinski definition) is 1. The Morgan fingerprint density at radius 1 is 0.373 bits per heavy atom. The predicted octanol–water partition coefficient (Wildman–Crippen LogP) is 15.1. The molecule has 0 fully saturated rings. The predicted molar refractivity (Wildman–Crippen MR) is 278 cm³/mol. The fraction of sp³-hybridized carbons (Fsp3) is 0. The normalized spacial score (nSPS) is 11.7. The summed E-state index contributed by atoms with van der Waals surface area (Å²) in [4.78, 5) is 11.0. The van der Waals surface area contributed by atoms with E-state index in [4.69, 9.17) is 14.4 Å². The third kappa shape index (κ3) is 5.92. The molecule has 0 saturated heterocycles. The first kappa shape index (κ1) is 38.3. The van der Waals surface area contributed by atoms with Crippen molar-refractivity contribution in [1.82, 2.24) is 23.7 Å². The Hall–Kier alpha value is -9.20. The molecule has 0 amide bonds. The number of nitrogens with two attached hydrogens (primary N) is 1. The molecule has 7 nitrogen and oxygen atoms in total. The lowest BCUT2D eigenvalue weighted by Crippen LogP contribution is -2.05. The molecular weight excluding hydrogens is 821 g/mol. The monoisotopic (exact) mass is 860 g/mol. The Labute approximate surface area is 384 Å². The average molecular weight is 861 g/mol. The van der Waals surface area contributed by atoms with Crippen LogP contribution in [-0.2, 0) is 0 Å². The first-order valence-electron chi connectivity index (χ1n) is 22.4. The van der Waals surface area contributed by atoms with Crippen LogP contribution in [0.5, 0.6) is 0 Å². The number of nitrogens with zero attached hydrogens (tertiary/aromatic N) is 5. The van der Waals surface area contributed by atoms with Crippen LogP contribution in [-0.4, -0.2) is 23.7 Å². The summed E-state index contributed by atoms with van der Waals surface area (Å²) < 4.78 is 13.4. The molecule has 0 bridgehead atoms. The molecular formula is C60H40N6O. The quantitative estimate of drug-likeness (QED) is 0.187. The van der Waals surface area contributed by atoms with E-state index in [-0.39, 0.29) is 0 Å². The Kier molecular flexibility index (Phi) is 8.69. The molecule has 0 aliphatic carbocycles. The van der Waals surface area contributed by atoms with Gasteiger partial charge in [0.1, 0.15) is 11.2 Å². The second-order valence-corrected chi connectivity index (χ2v) is 16.8. The minimum atomic E-state index is 0.602. The number of rotatable bonds is 5. The highest BCUT2D eigenvalue weighted by Gasteiger charge is 2.24. The lowest BCUT2D eigenvalue weighted by Gasteiger charge is -2.14. The van der Waals surface area contributed by atoms with E-state index >= 15 is 0 Å². The van der Waals surface area contributed by atoms with Gasteiger partial charge in [-0.1, -0.05) is 140 Å². The van der Waals surface area contributed by atoms with E-state index in [2.05, 4.69) is 220 Å². The van der Waals surface area contributed by atoms with Gasteiger partial charge in [0, 0.05) is 65.6 Å². The summed E-state index contributed by atoms with van der Waals surface area (Å²) in [6.07, 6.45) is 1.25. The number of aromatic nitrogens is 5. The third-order valence-electron chi connectivity index (χ3n) is 13.1. The van der Waals surface area contributed by atoms with Crippen LogP contribution in [0.2, 0.25) is 0 Å². The highest BCUT2D eigenvalue weighted by atomic mass is 16.3. The van der Waals surface area contributed by atoms with Gasteiger partial charge in [-0.2, -0.15) is 0 Å². The van der Waals surface area contributed by atoms with Crippen LogP contribution in [0.3, 0.4) is 0 Å². The van der Waals surface area contributed by atoms with Crippen molar-refractivity contribution in [2.45, 2.75) is 0 Å². The van der Waals surface area contributed by atoms with E-state index < -0.39 is 0 Å². The zero-order chi connectivity index (χ0) is 44.6. The van der Waals surface area contributed by atoms with Crippen molar-refractivity contribution in [3.8, 4) is 39.8 Å². The topological polar surface area (TPSA) is 79.7 Å². The zero-order valence-electron chi connectivity index (χ0n) is 36.2. The van der Waals surface area contributed by atoms with Crippen molar-refractivity contribution in [3.05, 3.63) is 225 Å². The molecule has 0 aliphatic heterocycles. The molecule has 0 saturated carbocycles. The lowest BCUT2D eigenvalue weighted by molar-refractivity contribution is 0.669. The first-order chi connectivity index (χ1) is 33.2.